The zero-order valence-electron chi connectivity index (χ0n) is 16.1. The van der Waals surface area contributed by atoms with Crippen molar-refractivity contribution in [2.24, 2.45) is 5.92 Å². The van der Waals surface area contributed by atoms with E-state index in [9.17, 15) is 4.39 Å². The topological polar surface area (TPSA) is 41.1 Å². The SMILES string of the molecule is CCCCNc1ncc2c(n1)C(C1CCCCC1)CN2c1ccc(F)cc1. The highest BCUT2D eigenvalue weighted by Gasteiger charge is 2.37. The van der Waals surface area contributed by atoms with Gasteiger partial charge in [-0.2, -0.15) is 0 Å². The molecule has 2 aromatic rings. The second kappa shape index (κ2) is 8.24. The van der Waals surface area contributed by atoms with Crippen LogP contribution >= 0.6 is 0 Å². The zero-order chi connectivity index (χ0) is 18.6. The van der Waals surface area contributed by atoms with E-state index in [1.165, 1.54) is 49.9 Å². The van der Waals surface area contributed by atoms with E-state index in [0.29, 0.717) is 11.8 Å². The first-order valence-corrected chi connectivity index (χ1v) is 10.4. The predicted molar refractivity (Wildman–Crippen MR) is 108 cm³/mol. The number of nitrogens with zero attached hydrogens (tertiary/aromatic N) is 3. The van der Waals surface area contributed by atoms with Gasteiger partial charge in [0.05, 0.1) is 17.6 Å². The Kier molecular flexibility index (Phi) is 5.55. The van der Waals surface area contributed by atoms with Gasteiger partial charge in [-0.05, 0) is 49.4 Å². The third-order valence-corrected chi connectivity index (χ3v) is 5.99. The molecule has 0 radical (unpaired) electrons. The fourth-order valence-corrected chi connectivity index (χ4v) is 4.49. The third-order valence-electron chi connectivity index (χ3n) is 5.99. The number of rotatable bonds is 6. The molecule has 2 heterocycles. The fourth-order valence-electron chi connectivity index (χ4n) is 4.49. The number of fused-ring (bicyclic) bond motifs is 1. The van der Waals surface area contributed by atoms with Gasteiger partial charge in [0.25, 0.3) is 0 Å². The zero-order valence-corrected chi connectivity index (χ0v) is 16.1. The summed E-state index contributed by atoms with van der Waals surface area (Å²) in [7, 11) is 0. The Bertz CT molecular complexity index is 755. The molecule has 1 aromatic heterocycles. The molecule has 1 aliphatic heterocycles. The summed E-state index contributed by atoms with van der Waals surface area (Å²) in [6.45, 7) is 4.01. The Hall–Kier alpha value is -2.17. The molecule has 1 unspecified atom stereocenters. The molecule has 1 saturated carbocycles. The van der Waals surface area contributed by atoms with Gasteiger partial charge >= 0.3 is 0 Å². The van der Waals surface area contributed by atoms with Crippen LogP contribution in [-0.2, 0) is 0 Å². The predicted octanol–water partition coefficient (Wildman–Crippen LogP) is 5.64. The molecule has 4 rings (SSSR count). The number of hydrogen-bond acceptors (Lipinski definition) is 4. The highest BCUT2D eigenvalue weighted by atomic mass is 19.1. The number of nitrogens with one attached hydrogen (secondary N) is 1. The Morgan fingerprint density at radius 3 is 2.67 bits per heavy atom. The van der Waals surface area contributed by atoms with Gasteiger partial charge in [-0.3, -0.25) is 0 Å². The molecule has 1 fully saturated rings. The van der Waals surface area contributed by atoms with Crippen LogP contribution < -0.4 is 10.2 Å². The maximum atomic E-state index is 13.4. The van der Waals surface area contributed by atoms with Crippen molar-refractivity contribution in [2.45, 2.75) is 57.8 Å². The lowest BCUT2D eigenvalue weighted by Gasteiger charge is -2.28. The molecule has 4 nitrogen and oxygen atoms in total. The molecule has 27 heavy (non-hydrogen) atoms. The molecular formula is C22H29FN4. The van der Waals surface area contributed by atoms with Crippen molar-refractivity contribution in [3.63, 3.8) is 0 Å². The normalized spacial score (nSPS) is 19.9. The minimum Gasteiger partial charge on any atom is -0.354 e. The first-order valence-electron chi connectivity index (χ1n) is 10.4. The van der Waals surface area contributed by atoms with E-state index < -0.39 is 0 Å². The van der Waals surface area contributed by atoms with Crippen LogP contribution in [0.2, 0.25) is 0 Å². The molecule has 2 aliphatic rings. The highest BCUT2D eigenvalue weighted by molar-refractivity contribution is 5.69. The molecule has 144 valence electrons. The standard InChI is InChI=1S/C22H29FN4/c1-2-3-13-24-22-25-14-20-21(26-22)19(16-7-5-4-6-8-16)15-27(20)18-11-9-17(23)10-12-18/h9-12,14,16,19H,2-8,13,15H2,1H3,(H,24,25,26). The Morgan fingerprint density at radius 2 is 1.93 bits per heavy atom. The summed E-state index contributed by atoms with van der Waals surface area (Å²) in [5, 5.41) is 3.37. The molecule has 1 atom stereocenters. The average Bonchev–Trinajstić information content (AvgIpc) is 3.08. The van der Waals surface area contributed by atoms with Crippen molar-refractivity contribution in [3.8, 4) is 0 Å². The van der Waals surface area contributed by atoms with E-state index in [2.05, 4.69) is 22.1 Å². The van der Waals surface area contributed by atoms with Crippen LogP contribution in [0.25, 0.3) is 0 Å². The molecule has 1 N–H and O–H groups in total. The second-order valence-corrected chi connectivity index (χ2v) is 7.84. The van der Waals surface area contributed by atoms with Gasteiger partial charge in [-0.1, -0.05) is 32.6 Å². The summed E-state index contributed by atoms with van der Waals surface area (Å²) >= 11 is 0. The fraction of sp³-hybridized carbons (Fsp3) is 0.545. The van der Waals surface area contributed by atoms with Gasteiger partial charge in [0, 0.05) is 24.7 Å². The van der Waals surface area contributed by atoms with E-state index in [0.717, 1.165) is 43.3 Å². The van der Waals surface area contributed by atoms with Crippen LogP contribution in [0.5, 0.6) is 0 Å². The average molecular weight is 368 g/mol. The quantitative estimate of drug-likeness (QED) is 0.670. The summed E-state index contributed by atoms with van der Waals surface area (Å²) in [6, 6.07) is 6.78. The van der Waals surface area contributed by atoms with Gasteiger partial charge in [0.15, 0.2) is 0 Å². The summed E-state index contributed by atoms with van der Waals surface area (Å²) < 4.78 is 13.4. The molecular weight excluding hydrogens is 339 g/mol. The van der Waals surface area contributed by atoms with E-state index in [1.807, 2.05) is 18.3 Å². The lowest BCUT2D eigenvalue weighted by atomic mass is 9.79. The highest BCUT2D eigenvalue weighted by Crippen LogP contribution is 2.46. The van der Waals surface area contributed by atoms with Crippen molar-refractivity contribution in [1.29, 1.82) is 0 Å². The van der Waals surface area contributed by atoms with Crippen LogP contribution in [0.1, 0.15) is 63.5 Å². The van der Waals surface area contributed by atoms with E-state index in [-0.39, 0.29) is 5.82 Å². The Morgan fingerprint density at radius 1 is 1.15 bits per heavy atom. The maximum absolute atomic E-state index is 13.4. The van der Waals surface area contributed by atoms with Crippen molar-refractivity contribution < 1.29 is 4.39 Å². The van der Waals surface area contributed by atoms with Crippen LogP contribution in [0, 0.1) is 11.7 Å². The largest absolute Gasteiger partial charge is 0.354 e. The minimum absolute atomic E-state index is 0.200. The molecule has 0 saturated heterocycles. The smallest absolute Gasteiger partial charge is 0.223 e. The van der Waals surface area contributed by atoms with Gasteiger partial charge in [-0.15, -0.1) is 0 Å². The van der Waals surface area contributed by atoms with E-state index in [1.54, 1.807) is 0 Å². The molecule has 5 heteroatoms. The number of halogens is 1. The minimum atomic E-state index is -0.200. The van der Waals surface area contributed by atoms with Crippen LogP contribution in [-0.4, -0.2) is 23.1 Å². The number of benzene rings is 1. The summed E-state index contributed by atoms with van der Waals surface area (Å²) in [5.74, 6) is 1.65. The third kappa shape index (κ3) is 3.92. The summed E-state index contributed by atoms with van der Waals surface area (Å²) in [4.78, 5) is 11.8. The van der Waals surface area contributed by atoms with E-state index >= 15 is 0 Å². The number of hydrogen-bond donors (Lipinski definition) is 1. The second-order valence-electron chi connectivity index (χ2n) is 7.84. The maximum Gasteiger partial charge on any atom is 0.223 e. The van der Waals surface area contributed by atoms with E-state index in [4.69, 9.17) is 4.98 Å². The van der Waals surface area contributed by atoms with Crippen LogP contribution in [0.15, 0.2) is 30.5 Å². The molecule has 0 bridgehead atoms. The van der Waals surface area contributed by atoms with Crippen molar-refractivity contribution in [2.75, 3.05) is 23.3 Å². The van der Waals surface area contributed by atoms with Crippen LogP contribution in [0.4, 0.5) is 21.7 Å². The Balaban J connectivity index is 1.64. The van der Waals surface area contributed by atoms with Gasteiger partial charge < -0.3 is 10.2 Å². The molecule has 0 spiro atoms. The first-order chi connectivity index (χ1) is 13.3. The number of aromatic nitrogens is 2. The number of anilines is 3. The number of unbranched alkanes of at least 4 members (excludes halogenated alkanes) is 1. The van der Waals surface area contributed by atoms with Crippen molar-refractivity contribution >= 4 is 17.3 Å². The lowest BCUT2D eigenvalue weighted by molar-refractivity contribution is 0.311. The lowest BCUT2D eigenvalue weighted by Crippen LogP contribution is -2.22. The van der Waals surface area contributed by atoms with Crippen LogP contribution in [0.3, 0.4) is 0 Å². The molecule has 1 aromatic carbocycles. The van der Waals surface area contributed by atoms with Gasteiger partial charge in [0.1, 0.15) is 5.82 Å². The van der Waals surface area contributed by atoms with Gasteiger partial charge in [0.2, 0.25) is 5.95 Å². The van der Waals surface area contributed by atoms with Crippen molar-refractivity contribution in [1.82, 2.24) is 9.97 Å². The first kappa shape index (κ1) is 18.2. The summed E-state index contributed by atoms with van der Waals surface area (Å²) in [6.07, 6.45) is 10.8. The summed E-state index contributed by atoms with van der Waals surface area (Å²) in [5.41, 5.74) is 3.27. The monoisotopic (exact) mass is 368 g/mol. The Labute approximate surface area is 161 Å². The van der Waals surface area contributed by atoms with Gasteiger partial charge in [-0.25, -0.2) is 14.4 Å². The molecule has 0 amide bonds. The van der Waals surface area contributed by atoms with Crippen molar-refractivity contribution in [3.05, 3.63) is 42.0 Å². The molecule has 1 aliphatic carbocycles.